The first-order valence-corrected chi connectivity index (χ1v) is 7.36. The van der Waals surface area contributed by atoms with Gasteiger partial charge in [-0.25, -0.2) is 0 Å². The van der Waals surface area contributed by atoms with Gasteiger partial charge in [-0.1, -0.05) is 0 Å². The van der Waals surface area contributed by atoms with E-state index in [1.807, 2.05) is 0 Å². The Bertz CT molecular complexity index is 1010. The number of aryl methyl sites for hydroxylation is 1. The fourth-order valence-electron chi connectivity index (χ4n) is 2.47. The highest BCUT2D eigenvalue weighted by molar-refractivity contribution is 6.06. The molecule has 0 bridgehead atoms. The van der Waals surface area contributed by atoms with Crippen molar-refractivity contribution in [3.05, 3.63) is 75.6 Å². The molecule has 25 heavy (non-hydrogen) atoms. The molecule has 1 amide bonds. The molecule has 3 rings (SSSR count). The number of aromatic amines is 1. The summed E-state index contributed by atoms with van der Waals surface area (Å²) in [6.45, 7) is 1.76. The van der Waals surface area contributed by atoms with Crippen LogP contribution in [-0.2, 0) is 6.18 Å². The second-order valence-corrected chi connectivity index (χ2v) is 5.61. The van der Waals surface area contributed by atoms with Crippen LogP contribution in [0, 0.1) is 6.92 Å². The standard InChI is InChI=1S/C18H13F3N2O2/c1-10-8-16(24)14-9-11(2-7-15(14)22-10)17(25)23-13-5-3-12(4-6-13)18(19,20)21/h2-9H,1H3,(H,22,24)(H,23,25). The number of rotatable bonds is 2. The average Bonchev–Trinajstić information content (AvgIpc) is 2.54. The number of H-pyrrole nitrogens is 1. The maximum absolute atomic E-state index is 12.5. The van der Waals surface area contributed by atoms with Crippen LogP contribution in [0.5, 0.6) is 0 Å². The Balaban J connectivity index is 1.86. The smallest absolute Gasteiger partial charge is 0.358 e. The lowest BCUT2D eigenvalue weighted by Crippen LogP contribution is -2.13. The average molecular weight is 346 g/mol. The molecule has 0 unspecified atom stereocenters. The molecule has 0 radical (unpaired) electrons. The maximum Gasteiger partial charge on any atom is 0.416 e. The second kappa shape index (κ2) is 6.08. The van der Waals surface area contributed by atoms with E-state index in [2.05, 4.69) is 10.3 Å². The number of fused-ring (bicyclic) bond motifs is 1. The van der Waals surface area contributed by atoms with Crippen molar-refractivity contribution in [2.24, 2.45) is 0 Å². The number of nitrogens with one attached hydrogen (secondary N) is 2. The van der Waals surface area contributed by atoms with Crippen LogP contribution < -0.4 is 10.7 Å². The Morgan fingerprint density at radius 2 is 1.72 bits per heavy atom. The van der Waals surface area contributed by atoms with Crippen LogP contribution in [0.15, 0.2) is 53.3 Å². The second-order valence-electron chi connectivity index (χ2n) is 5.61. The summed E-state index contributed by atoms with van der Waals surface area (Å²) in [6, 6.07) is 10.2. The third-order valence-electron chi connectivity index (χ3n) is 3.70. The SMILES string of the molecule is Cc1cc(=O)c2cc(C(=O)Nc3ccc(C(F)(F)F)cc3)ccc2[nH]1. The van der Waals surface area contributed by atoms with E-state index in [1.165, 1.54) is 30.3 Å². The lowest BCUT2D eigenvalue weighted by molar-refractivity contribution is -0.137. The molecule has 0 spiro atoms. The Morgan fingerprint density at radius 3 is 2.36 bits per heavy atom. The number of alkyl halides is 3. The molecule has 0 fully saturated rings. The minimum absolute atomic E-state index is 0.213. The van der Waals surface area contributed by atoms with Gasteiger partial charge in [-0.05, 0) is 49.4 Å². The van der Waals surface area contributed by atoms with Gasteiger partial charge in [0.25, 0.3) is 5.91 Å². The van der Waals surface area contributed by atoms with Crippen molar-refractivity contribution in [2.45, 2.75) is 13.1 Å². The lowest BCUT2D eigenvalue weighted by atomic mass is 10.1. The zero-order chi connectivity index (χ0) is 18.2. The van der Waals surface area contributed by atoms with E-state index in [4.69, 9.17) is 0 Å². The van der Waals surface area contributed by atoms with Crippen LogP contribution in [0.1, 0.15) is 21.6 Å². The highest BCUT2D eigenvalue weighted by Crippen LogP contribution is 2.29. The summed E-state index contributed by atoms with van der Waals surface area (Å²) >= 11 is 0. The van der Waals surface area contributed by atoms with Crippen molar-refractivity contribution < 1.29 is 18.0 Å². The Morgan fingerprint density at radius 1 is 1.04 bits per heavy atom. The summed E-state index contributed by atoms with van der Waals surface area (Å²) in [5.74, 6) is -0.512. The molecule has 2 aromatic carbocycles. The predicted molar refractivity (Wildman–Crippen MR) is 88.7 cm³/mol. The maximum atomic E-state index is 12.5. The molecule has 3 aromatic rings. The normalized spacial score (nSPS) is 11.5. The van der Waals surface area contributed by atoms with Gasteiger partial charge in [-0.15, -0.1) is 0 Å². The molecule has 0 saturated carbocycles. The zero-order valence-electron chi connectivity index (χ0n) is 13.1. The van der Waals surface area contributed by atoms with E-state index in [-0.39, 0.29) is 16.7 Å². The van der Waals surface area contributed by atoms with E-state index < -0.39 is 17.6 Å². The van der Waals surface area contributed by atoms with Gasteiger partial charge >= 0.3 is 6.18 Å². The minimum atomic E-state index is -4.43. The third-order valence-corrected chi connectivity index (χ3v) is 3.70. The van der Waals surface area contributed by atoms with Crippen LogP contribution in [0.4, 0.5) is 18.9 Å². The predicted octanol–water partition coefficient (Wildman–Crippen LogP) is 4.11. The van der Waals surface area contributed by atoms with E-state index in [9.17, 15) is 22.8 Å². The van der Waals surface area contributed by atoms with Gasteiger partial charge in [0.2, 0.25) is 0 Å². The number of carbonyl (C=O) groups excluding carboxylic acids is 1. The topological polar surface area (TPSA) is 62.0 Å². The van der Waals surface area contributed by atoms with Crippen molar-refractivity contribution in [1.82, 2.24) is 4.98 Å². The number of hydrogen-bond donors (Lipinski definition) is 2. The van der Waals surface area contributed by atoms with E-state index >= 15 is 0 Å². The summed E-state index contributed by atoms with van der Waals surface area (Å²) in [5.41, 5.74) is 0.779. The molecule has 2 N–H and O–H groups in total. The molecule has 4 nitrogen and oxygen atoms in total. The first-order chi connectivity index (χ1) is 11.7. The van der Waals surface area contributed by atoms with Crippen molar-refractivity contribution in [1.29, 1.82) is 0 Å². The van der Waals surface area contributed by atoms with Crippen LogP contribution >= 0.6 is 0 Å². The molecule has 1 aromatic heterocycles. The summed E-state index contributed by atoms with van der Waals surface area (Å²) in [5, 5.41) is 2.88. The van der Waals surface area contributed by atoms with E-state index in [0.29, 0.717) is 16.6 Å². The highest BCUT2D eigenvalue weighted by atomic mass is 19.4. The fourth-order valence-corrected chi connectivity index (χ4v) is 2.47. The first kappa shape index (κ1) is 16.8. The van der Waals surface area contributed by atoms with Gasteiger partial charge in [-0.3, -0.25) is 9.59 Å². The van der Waals surface area contributed by atoms with Crippen molar-refractivity contribution in [3.8, 4) is 0 Å². The van der Waals surface area contributed by atoms with Gasteiger partial charge in [0.05, 0.1) is 5.56 Å². The summed E-state index contributed by atoms with van der Waals surface area (Å²) < 4.78 is 37.6. The van der Waals surface area contributed by atoms with Gasteiger partial charge in [0.1, 0.15) is 0 Å². The molecule has 0 aliphatic carbocycles. The quantitative estimate of drug-likeness (QED) is 0.734. The number of halogens is 3. The number of anilines is 1. The Labute approximate surface area is 140 Å². The van der Waals surface area contributed by atoms with Crippen molar-refractivity contribution >= 4 is 22.5 Å². The van der Waals surface area contributed by atoms with Gasteiger partial charge in [0, 0.05) is 33.9 Å². The molecule has 128 valence electrons. The Hall–Kier alpha value is -3.09. The number of benzene rings is 2. The Kier molecular flexibility index (Phi) is 4.08. The lowest BCUT2D eigenvalue weighted by Gasteiger charge is -2.09. The summed E-state index contributed by atoms with van der Waals surface area (Å²) in [7, 11) is 0. The molecule has 1 heterocycles. The fraction of sp³-hybridized carbons (Fsp3) is 0.111. The van der Waals surface area contributed by atoms with Gasteiger partial charge in [0.15, 0.2) is 5.43 Å². The van der Waals surface area contributed by atoms with Crippen LogP contribution in [-0.4, -0.2) is 10.9 Å². The molecular weight excluding hydrogens is 333 g/mol. The summed E-state index contributed by atoms with van der Waals surface area (Å²) in [6.07, 6.45) is -4.43. The molecule has 0 saturated heterocycles. The van der Waals surface area contributed by atoms with Gasteiger partial charge in [-0.2, -0.15) is 13.2 Å². The van der Waals surface area contributed by atoms with Crippen molar-refractivity contribution in [2.75, 3.05) is 5.32 Å². The number of aromatic nitrogens is 1. The van der Waals surface area contributed by atoms with Crippen molar-refractivity contribution in [3.63, 3.8) is 0 Å². The van der Waals surface area contributed by atoms with Crippen LogP contribution in [0.25, 0.3) is 10.9 Å². The van der Waals surface area contributed by atoms with Crippen LogP contribution in [0.2, 0.25) is 0 Å². The van der Waals surface area contributed by atoms with E-state index in [1.54, 1.807) is 13.0 Å². The van der Waals surface area contributed by atoms with Gasteiger partial charge < -0.3 is 10.3 Å². The van der Waals surface area contributed by atoms with Crippen LogP contribution in [0.3, 0.4) is 0 Å². The summed E-state index contributed by atoms with van der Waals surface area (Å²) in [4.78, 5) is 27.3. The van der Waals surface area contributed by atoms with E-state index in [0.717, 1.165) is 12.1 Å². The molecule has 0 aliphatic heterocycles. The number of pyridine rings is 1. The molecule has 7 heteroatoms. The zero-order valence-corrected chi connectivity index (χ0v) is 13.1. The number of hydrogen-bond acceptors (Lipinski definition) is 2. The number of amides is 1. The third kappa shape index (κ3) is 3.55. The largest absolute Gasteiger partial charge is 0.416 e. The monoisotopic (exact) mass is 346 g/mol. The molecule has 0 atom stereocenters. The minimum Gasteiger partial charge on any atom is -0.358 e. The highest BCUT2D eigenvalue weighted by Gasteiger charge is 2.30. The molecule has 0 aliphatic rings. The number of carbonyl (C=O) groups is 1. The first-order valence-electron chi connectivity index (χ1n) is 7.36. The molecular formula is C18H13F3N2O2.